The number of anilines is 2. The highest BCUT2D eigenvalue weighted by atomic mass is 16.3. The van der Waals surface area contributed by atoms with E-state index in [1.165, 1.54) is 12.5 Å². The van der Waals surface area contributed by atoms with Crippen LogP contribution in [0.15, 0.2) is 24.3 Å². The number of hydrogen-bond donors (Lipinski definition) is 2. The van der Waals surface area contributed by atoms with Gasteiger partial charge in [-0.15, -0.1) is 0 Å². The molecule has 2 heterocycles. The molecule has 0 saturated carbocycles. The Morgan fingerprint density at radius 3 is 2.88 bits per heavy atom. The largest absolute Gasteiger partial charge is 0.389 e. The molecule has 1 amide bonds. The summed E-state index contributed by atoms with van der Waals surface area (Å²) in [5, 5.41) is 12.4. The van der Waals surface area contributed by atoms with Crippen molar-refractivity contribution in [3.8, 4) is 11.3 Å². The van der Waals surface area contributed by atoms with Crippen LogP contribution in [-0.4, -0.2) is 40.2 Å². The lowest BCUT2D eigenvalue weighted by Crippen LogP contribution is -2.51. The van der Waals surface area contributed by atoms with E-state index in [0.717, 1.165) is 41.9 Å². The van der Waals surface area contributed by atoms with E-state index < -0.39 is 0 Å². The fourth-order valence-electron chi connectivity index (χ4n) is 3.37. The predicted molar refractivity (Wildman–Crippen MR) is 92.0 cm³/mol. The standard InChI is InChI=1S/C18H20N4O2/c1-11(23)19-13-5-2-4-12(8-13)17-15-6-3-7-16(15)20-18(21-17)22-9-14(24)10-22/h2,4-5,8,14,24H,3,6-7,9-10H2,1H3,(H,19,23). The third kappa shape index (κ3) is 2.73. The number of hydrogen-bond acceptors (Lipinski definition) is 5. The molecular formula is C18H20N4O2. The van der Waals surface area contributed by atoms with Crippen LogP contribution in [0.25, 0.3) is 11.3 Å². The number of benzene rings is 1. The molecule has 0 spiro atoms. The zero-order chi connectivity index (χ0) is 16.7. The summed E-state index contributed by atoms with van der Waals surface area (Å²) in [4.78, 5) is 22.8. The number of rotatable bonds is 3. The van der Waals surface area contributed by atoms with Crippen molar-refractivity contribution >= 4 is 17.5 Å². The van der Waals surface area contributed by atoms with E-state index in [1.54, 1.807) is 0 Å². The fraction of sp³-hybridized carbons (Fsp3) is 0.389. The van der Waals surface area contributed by atoms with Crippen LogP contribution in [0.5, 0.6) is 0 Å². The van der Waals surface area contributed by atoms with Gasteiger partial charge in [0.15, 0.2) is 0 Å². The average Bonchev–Trinajstić information content (AvgIpc) is 2.99. The van der Waals surface area contributed by atoms with Gasteiger partial charge in [0.25, 0.3) is 0 Å². The molecule has 0 bridgehead atoms. The average molecular weight is 324 g/mol. The molecule has 1 aliphatic carbocycles. The number of aryl methyl sites for hydroxylation is 1. The molecule has 0 atom stereocenters. The lowest BCUT2D eigenvalue weighted by molar-refractivity contribution is -0.114. The zero-order valence-corrected chi connectivity index (χ0v) is 13.6. The molecule has 6 nitrogen and oxygen atoms in total. The van der Waals surface area contributed by atoms with Crippen molar-refractivity contribution in [1.82, 2.24) is 9.97 Å². The summed E-state index contributed by atoms with van der Waals surface area (Å²) in [7, 11) is 0. The molecule has 4 rings (SSSR count). The van der Waals surface area contributed by atoms with Gasteiger partial charge in [-0.05, 0) is 31.4 Å². The van der Waals surface area contributed by atoms with Gasteiger partial charge in [0.2, 0.25) is 11.9 Å². The van der Waals surface area contributed by atoms with E-state index >= 15 is 0 Å². The second-order valence-corrected chi connectivity index (χ2v) is 6.47. The third-order valence-corrected chi connectivity index (χ3v) is 4.52. The van der Waals surface area contributed by atoms with E-state index in [1.807, 2.05) is 29.2 Å². The quantitative estimate of drug-likeness (QED) is 0.900. The Morgan fingerprint density at radius 2 is 2.12 bits per heavy atom. The summed E-state index contributed by atoms with van der Waals surface area (Å²) < 4.78 is 0. The molecule has 1 saturated heterocycles. The van der Waals surface area contributed by atoms with E-state index in [0.29, 0.717) is 19.0 Å². The minimum absolute atomic E-state index is 0.0877. The highest BCUT2D eigenvalue weighted by Crippen LogP contribution is 2.33. The van der Waals surface area contributed by atoms with Crippen LogP contribution < -0.4 is 10.2 Å². The Morgan fingerprint density at radius 1 is 1.29 bits per heavy atom. The minimum atomic E-state index is -0.284. The number of aliphatic hydroxyl groups excluding tert-OH is 1. The normalized spacial score (nSPS) is 16.7. The Hall–Kier alpha value is -2.47. The van der Waals surface area contributed by atoms with Gasteiger partial charge in [-0.1, -0.05) is 12.1 Å². The van der Waals surface area contributed by atoms with Crippen molar-refractivity contribution in [1.29, 1.82) is 0 Å². The maximum absolute atomic E-state index is 11.3. The van der Waals surface area contributed by atoms with E-state index in [4.69, 9.17) is 9.97 Å². The highest BCUT2D eigenvalue weighted by Gasteiger charge is 2.29. The van der Waals surface area contributed by atoms with Crippen LogP contribution in [-0.2, 0) is 17.6 Å². The Kier molecular flexibility index (Phi) is 3.69. The number of β-amino-alcohol motifs (C(OH)–C–C–N with tert-alkyl or cyclic N) is 1. The van der Waals surface area contributed by atoms with Crippen LogP contribution >= 0.6 is 0 Å². The molecule has 6 heteroatoms. The first-order chi connectivity index (χ1) is 11.6. The lowest BCUT2D eigenvalue weighted by atomic mass is 10.0. The predicted octanol–water partition coefficient (Wildman–Crippen LogP) is 1.77. The molecule has 1 aliphatic heterocycles. The first kappa shape index (κ1) is 15.1. The fourth-order valence-corrected chi connectivity index (χ4v) is 3.37. The number of amides is 1. The molecular weight excluding hydrogens is 304 g/mol. The first-order valence-corrected chi connectivity index (χ1v) is 8.31. The molecule has 2 N–H and O–H groups in total. The van der Waals surface area contributed by atoms with E-state index in [2.05, 4.69) is 5.32 Å². The highest BCUT2D eigenvalue weighted by molar-refractivity contribution is 5.89. The van der Waals surface area contributed by atoms with Crippen molar-refractivity contribution in [3.05, 3.63) is 35.5 Å². The number of aromatic nitrogens is 2. The number of carbonyl (C=O) groups excluding carboxylic acids is 1. The molecule has 0 radical (unpaired) electrons. The van der Waals surface area contributed by atoms with Crippen molar-refractivity contribution in [2.24, 2.45) is 0 Å². The Labute approximate surface area is 140 Å². The Bertz CT molecular complexity index is 800. The second-order valence-electron chi connectivity index (χ2n) is 6.47. The van der Waals surface area contributed by atoms with Crippen molar-refractivity contribution < 1.29 is 9.90 Å². The summed E-state index contributed by atoms with van der Waals surface area (Å²) in [6.07, 6.45) is 2.76. The minimum Gasteiger partial charge on any atom is -0.389 e. The molecule has 124 valence electrons. The van der Waals surface area contributed by atoms with Crippen LogP contribution in [0, 0.1) is 0 Å². The van der Waals surface area contributed by atoms with E-state index in [9.17, 15) is 9.90 Å². The molecule has 2 aromatic rings. The molecule has 2 aliphatic rings. The van der Waals surface area contributed by atoms with Crippen molar-refractivity contribution in [2.75, 3.05) is 23.3 Å². The maximum Gasteiger partial charge on any atom is 0.226 e. The summed E-state index contributed by atoms with van der Waals surface area (Å²) in [5.74, 6) is 0.608. The van der Waals surface area contributed by atoms with Crippen molar-refractivity contribution in [3.63, 3.8) is 0 Å². The zero-order valence-electron chi connectivity index (χ0n) is 13.6. The number of fused-ring (bicyclic) bond motifs is 1. The molecule has 1 fully saturated rings. The molecule has 1 aromatic carbocycles. The number of nitrogens with one attached hydrogen (secondary N) is 1. The first-order valence-electron chi connectivity index (χ1n) is 8.31. The molecule has 0 unspecified atom stereocenters. The number of aliphatic hydroxyl groups is 1. The summed E-state index contributed by atoms with van der Waals surface area (Å²) in [5.41, 5.74) is 5.03. The van der Waals surface area contributed by atoms with Crippen molar-refractivity contribution in [2.45, 2.75) is 32.3 Å². The number of carbonyl (C=O) groups is 1. The maximum atomic E-state index is 11.3. The number of nitrogens with zero attached hydrogens (tertiary/aromatic N) is 3. The smallest absolute Gasteiger partial charge is 0.226 e. The van der Waals surface area contributed by atoms with Gasteiger partial charge < -0.3 is 15.3 Å². The summed E-state index contributed by atoms with van der Waals surface area (Å²) >= 11 is 0. The van der Waals surface area contributed by atoms with Gasteiger partial charge in [0.1, 0.15) is 0 Å². The van der Waals surface area contributed by atoms with Crippen LogP contribution in [0.1, 0.15) is 24.6 Å². The molecule has 1 aromatic heterocycles. The molecule has 24 heavy (non-hydrogen) atoms. The SMILES string of the molecule is CC(=O)Nc1cccc(-c2nc(N3CC(O)C3)nc3c2CCC3)c1. The third-order valence-electron chi connectivity index (χ3n) is 4.52. The van der Waals surface area contributed by atoms with Gasteiger partial charge >= 0.3 is 0 Å². The van der Waals surface area contributed by atoms with Crippen LogP contribution in [0.4, 0.5) is 11.6 Å². The second kappa shape index (κ2) is 5.87. The van der Waals surface area contributed by atoms with Crippen LogP contribution in [0.3, 0.4) is 0 Å². The topological polar surface area (TPSA) is 78.4 Å². The van der Waals surface area contributed by atoms with E-state index in [-0.39, 0.29) is 12.0 Å². The van der Waals surface area contributed by atoms with Gasteiger partial charge in [-0.2, -0.15) is 0 Å². The van der Waals surface area contributed by atoms with Crippen LogP contribution in [0.2, 0.25) is 0 Å². The lowest BCUT2D eigenvalue weighted by Gasteiger charge is -2.36. The Balaban J connectivity index is 1.75. The van der Waals surface area contributed by atoms with Gasteiger partial charge in [-0.25, -0.2) is 9.97 Å². The summed E-state index contributed by atoms with van der Waals surface area (Å²) in [6.45, 7) is 2.68. The van der Waals surface area contributed by atoms with Gasteiger partial charge in [0.05, 0.1) is 11.8 Å². The summed E-state index contributed by atoms with van der Waals surface area (Å²) in [6, 6.07) is 7.77. The monoisotopic (exact) mass is 324 g/mol. The van der Waals surface area contributed by atoms with Gasteiger partial charge in [-0.3, -0.25) is 4.79 Å². The van der Waals surface area contributed by atoms with Gasteiger partial charge in [0, 0.05) is 42.5 Å².